The van der Waals surface area contributed by atoms with Gasteiger partial charge in [0.05, 0.1) is 11.6 Å². The zero-order valence-electron chi connectivity index (χ0n) is 9.87. The van der Waals surface area contributed by atoms with E-state index in [2.05, 4.69) is 5.32 Å². The number of nitriles is 1. The highest BCUT2D eigenvalue weighted by molar-refractivity contribution is 6.31. The van der Waals surface area contributed by atoms with Crippen molar-refractivity contribution in [3.63, 3.8) is 0 Å². The van der Waals surface area contributed by atoms with Gasteiger partial charge in [-0.1, -0.05) is 11.6 Å². The molecule has 0 aliphatic heterocycles. The summed E-state index contributed by atoms with van der Waals surface area (Å²) in [4.78, 5) is 11.5. The van der Waals surface area contributed by atoms with Gasteiger partial charge in [0.25, 0.3) is 0 Å². The van der Waals surface area contributed by atoms with E-state index in [4.69, 9.17) is 21.6 Å². The van der Waals surface area contributed by atoms with Crippen molar-refractivity contribution in [2.24, 2.45) is 0 Å². The van der Waals surface area contributed by atoms with Gasteiger partial charge in [-0.05, 0) is 39.0 Å². The lowest BCUT2D eigenvalue weighted by Crippen LogP contribution is -2.27. The molecule has 0 saturated heterocycles. The number of anilines is 1. The van der Waals surface area contributed by atoms with Crippen molar-refractivity contribution in [3.8, 4) is 6.07 Å². The summed E-state index contributed by atoms with van der Waals surface area (Å²) >= 11 is 5.80. The van der Waals surface area contributed by atoms with Crippen LogP contribution in [0.1, 0.15) is 26.3 Å². The first-order valence-electron chi connectivity index (χ1n) is 5.01. The number of hydrogen-bond donors (Lipinski definition) is 1. The van der Waals surface area contributed by atoms with Crippen LogP contribution >= 0.6 is 11.6 Å². The van der Waals surface area contributed by atoms with Crippen LogP contribution in [0, 0.1) is 11.3 Å². The summed E-state index contributed by atoms with van der Waals surface area (Å²) in [6.07, 6.45) is -0.580. The fraction of sp³-hybridized carbons (Fsp3) is 0.333. The molecule has 0 atom stereocenters. The molecule has 0 fully saturated rings. The van der Waals surface area contributed by atoms with E-state index >= 15 is 0 Å². The normalized spacial score (nSPS) is 10.5. The highest BCUT2D eigenvalue weighted by Crippen LogP contribution is 2.19. The number of carbonyl (C=O) groups is 1. The molecule has 1 N–H and O–H groups in total. The van der Waals surface area contributed by atoms with Crippen molar-refractivity contribution in [1.29, 1.82) is 5.26 Å². The fourth-order valence-electron chi connectivity index (χ4n) is 1.15. The van der Waals surface area contributed by atoms with Crippen LogP contribution in [0.4, 0.5) is 10.5 Å². The Kier molecular flexibility index (Phi) is 3.97. The third kappa shape index (κ3) is 4.75. The molecule has 1 rings (SSSR count). The van der Waals surface area contributed by atoms with Crippen LogP contribution < -0.4 is 5.32 Å². The summed E-state index contributed by atoms with van der Waals surface area (Å²) in [6.45, 7) is 5.31. The molecule has 0 aromatic heterocycles. The summed E-state index contributed by atoms with van der Waals surface area (Å²) in [5.41, 5.74) is 0.243. The molecule has 0 unspecified atom stereocenters. The van der Waals surface area contributed by atoms with Crippen molar-refractivity contribution in [2.75, 3.05) is 5.32 Å². The predicted molar refractivity (Wildman–Crippen MR) is 66.0 cm³/mol. The van der Waals surface area contributed by atoms with Crippen LogP contribution in [0.2, 0.25) is 5.02 Å². The van der Waals surface area contributed by atoms with E-state index in [1.165, 1.54) is 12.1 Å². The molecule has 1 aromatic rings. The largest absolute Gasteiger partial charge is 0.444 e. The number of hydrogen-bond acceptors (Lipinski definition) is 3. The molecule has 17 heavy (non-hydrogen) atoms. The maximum absolute atomic E-state index is 11.5. The Hall–Kier alpha value is -1.73. The monoisotopic (exact) mass is 252 g/mol. The quantitative estimate of drug-likeness (QED) is 0.831. The van der Waals surface area contributed by atoms with Gasteiger partial charge in [-0.15, -0.1) is 0 Å². The Morgan fingerprint density at radius 1 is 1.41 bits per heavy atom. The van der Waals surface area contributed by atoms with Crippen molar-refractivity contribution in [2.45, 2.75) is 26.4 Å². The lowest BCUT2D eigenvalue weighted by molar-refractivity contribution is 0.0636. The average Bonchev–Trinajstić information content (AvgIpc) is 2.13. The number of amides is 1. The molecule has 0 heterocycles. The minimum Gasteiger partial charge on any atom is -0.444 e. The Balaban J connectivity index is 2.79. The highest BCUT2D eigenvalue weighted by Gasteiger charge is 2.16. The number of rotatable bonds is 1. The molecule has 0 radical (unpaired) electrons. The third-order valence-electron chi connectivity index (χ3n) is 1.67. The summed E-state index contributed by atoms with van der Waals surface area (Å²) < 4.78 is 5.08. The van der Waals surface area contributed by atoms with Gasteiger partial charge in [0, 0.05) is 10.7 Å². The van der Waals surface area contributed by atoms with Crippen molar-refractivity contribution < 1.29 is 9.53 Å². The van der Waals surface area contributed by atoms with Crippen LogP contribution in [0.15, 0.2) is 18.2 Å². The topological polar surface area (TPSA) is 62.1 Å². The zero-order valence-corrected chi connectivity index (χ0v) is 10.6. The number of nitrogens with one attached hydrogen (secondary N) is 1. The second kappa shape index (κ2) is 5.07. The van der Waals surface area contributed by atoms with Gasteiger partial charge in [-0.25, -0.2) is 4.79 Å². The molecule has 1 amide bonds. The number of halogens is 1. The fourth-order valence-corrected chi connectivity index (χ4v) is 1.38. The summed E-state index contributed by atoms with van der Waals surface area (Å²) in [5, 5.41) is 11.7. The smallest absolute Gasteiger partial charge is 0.412 e. The molecule has 4 nitrogen and oxygen atoms in total. The van der Waals surface area contributed by atoms with E-state index in [0.717, 1.165) is 0 Å². The van der Waals surface area contributed by atoms with Gasteiger partial charge >= 0.3 is 6.09 Å². The van der Waals surface area contributed by atoms with Gasteiger partial charge in [-0.2, -0.15) is 5.26 Å². The minimum atomic E-state index is -0.580. The minimum absolute atomic E-state index is 0.378. The van der Waals surface area contributed by atoms with Crippen LogP contribution in [-0.2, 0) is 4.74 Å². The molecule has 90 valence electrons. The molecule has 0 bridgehead atoms. The van der Waals surface area contributed by atoms with E-state index in [9.17, 15) is 4.79 Å². The average molecular weight is 253 g/mol. The van der Waals surface area contributed by atoms with Gasteiger partial charge in [0.2, 0.25) is 0 Å². The van der Waals surface area contributed by atoms with E-state index in [1.54, 1.807) is 26.8 Å². The van der Waals surface area contributed by atoms with Gasteiger partial charge in [0.15, 0.2) is 0 Å². The second-order valence-corrected chi connectivity index (χ2v) is 4.90. The van der Waals surface area contributed by atoms with Crippen LogP contribution in [0.5, 0.6) is 0 Å². The maximum Gasteiger partial charge on any atom is 0.412 e. The van der Waals surface area contributed by atoms with Crippen LogP contribution in [-0.4, -0.2) is 11.7 Å². The summed E-state index contributed by atoms with van der Waals surface area (Å²) in [6, 6.07) is 6.54. The van der Waals surface area contributed by atoms with Crippen LogP contribution in [0.3, 0.4) is 0 Å². The SMILES string of the molecule is CC(C)(C)OC(=O)Nc1cc(Cl)cc(C#N)c1. The molecule has 5 heteroatoms. The molecule has 0 aliphatic rings. The van der Waals surface area contributed by atoms with E-state index in [1.807, 2.05) is 6.07 Å². The molecular weight excluding hydrogens is 240 g/mol. The molecule has 1 aromatic carbocycles. The number of carbonyl (C=O) groups excluding carboxylic acids is 1. The highest BCUT2D eigenvalue weighted by atomic mass is 35.5. The number of nitrogens with zero attached hydrogens (tertiary/aromatic N) is 1. The van der Waals surface area contributed by atoms with Crippen LogP contribution in [0.25, 0.3) is 0 Å². The first-order chi connectivity index (χ1) is 7.80. The molecule has 0 spiro atoms. The van der Waals surface area contributed by atoms with E-state index in [0.29, 0.717) is 16.3 Å². The molecular formula is C12H13ClN2O2. The Morgan fingerprint density at radius 2 is 2.06 bits per heavy atom. The summed E-state index contributed by atoms with van der Waals surface area (Å²) in [7, 11) is 0. The number of ether oxygens (including phenoxy) is 1. The Morgan fingerprint density at radius 3 is 2.59 bits per heavy atom. The van der Waals surface area contributed by atoms with Crippen molar-refractivity contribution in [1.82, 2.24) is 0 Å². The maximum atomic E-state index is 11.5. The molecule has 0 saturated carbocycles. The lowest BCUT2D eigenvalue weighted by Gasteiger charge is -2.19. The van der Waals surface area contributed by atoms with E-state index in [-0.39, 0.29) is 0 Å². The van der Waals surface area contributed by atoms with Gasteiger partial charge < -0.3 is 4.74 Å². The van der Waals surface area contributed by atoms with Gasteiger partial charge in [-0.3, -0.25) is 5.32 Å². The lowest BCUT2D eigenvalue weighted by atomic mass is 10.2. The van der Waals surface area contributed by atoms with Gasteiger partial charge in [0.1, 0.15) is 5.60 Å². The zero-order chi connectivity index (χ0) is 13.1. The number of benzene rings is 1. The predicted octanol–water partition coefficient (Wildman–Crippen LogP) is 3.56. The third-order valence-corrected chi connectivity index (χ3v) is 1.89. The van der Waals surface area contributed by atoms with Crippen molar-refractivity contribution >= 4 is 23.4 Å². The summed E-state index contributed by atoms with van der Waals surface area (Å²) in [5.74, 6) is 0. The molecule has 0 aliphatic carbocycles. The first-order valence-corrected chi connectivity index (χ1v) is 5.38. The van der Waals surface area contributed by atoms with E-state index < -0.39 is 11.7 Å². The Labute approximate surface area is 105 Å². The van der Waals surface area contributed by atoms with Crippen molar-refractivity contribution in [3.05, 3.63) is 28.8 Å². The first kappa shape index (κ1) is 13.3. The Bertz CT molecular complexity index is 472. The standard InChI is InChI=1S/C12H13ClN2O2/c1-12(2,3)17-11(16)15-10-5-8(7-14)4-9(13)6-10/h4-6H,1-3H3,(H,15,16). The second-order valence-electron chi connectivity index (χ2n) is 4.47.